The molecule has 0 bridgehead atoms. The van der Waals surface area contributed by atoms with Crippen LogP contribution in [0.1, 0.15) is 59.8 Å². The van der Waals surface area contributed by atoms with Gasteiger partial charge >= 0.3 is 6.09 Å². The van der Waals surface area contributed by atoms with Gasteiger partial charge in [-0.3, -0.25) is 4.90 Å². The Balaban J connectivity index is 2.01. The Morgan fingerprint density at radius 3 is 2.37 bits per heavy atom. The van der Waals surface area contributed by atoms with Crippen LogP contribution in [0.25, 0.3) is 0 Å². The number of nitrogens with one attached hydrogen (secondary N) is 1. The van der Waals surface area contributed by atoms with Crippen LogP contribution in [0, 0.1) is 11.8 Å². The van der Waals surface area contributed by atoms with Gasteiger partial charge in [0.05, 0.1) is 31.6 Å². The van der Waals surface area contributed by atoms with E-state index in [1.807, 2.05) is 6.92 Å². The SMILES string of the molecule is CCOC(=O)N1[C@H](C)C[C@H](NS(C)(=O)=O)[C@@H]1COC1CCC(C(C)C)CC1. The summed E-state index contributed by atoms with van der Waals surface area (Å²) in [4.78, 5) is 14.1. The highest BCUT2D eigenvalue weighted by atomic mass is 32.2. The van der Waals surface area contributed by atoms with Crippen molar-refractivity contribution in [2.45, 2.75) is 84.0 Å². The van der Waals surface area contributed by atoms with Crippen LogP contribution in [0.5, 0.6) is 0 Å². The zero-order valence-corrected chi connectivity index (χ0v) is 18.1. The number of amides is 1. The summed E-state index contributed by atoms with van der Waals surface area (Å²) in [6.07, 6.45) is 5.85. The van der Waals surface area contributed by atoms with Gasteiger partial charge in [0.2, 0.25) is 10.0 Å². The van der Waals surface area contributed by atoms with Gasteiger partial charge in [-0.05, 0) is 57.8 Å². The first-order valence-electron chi connectivity index (χ1n) is 10.2. The van der Waals surface area contributed by atoms with E-state index >= 15 is 0 Å². The summed E-state index contributed by atoms with van der Waals surface area (Å²) in [6.45, 7) is 8.84. The quantitative estimate of drug-likeness (QED) is 0.705. The highest BCUT2D eigenvalue weighted by Crippen LogP contribution is 2.32. The highest BCUT2D eigenvalue weighted by Gasteiger charge is 2.44. The molecule has 2 fully saturated rings. The summed E-state index contributed by atoms with van der Waals surface area (Å²) in [6, 6.07) is -0.809. The molecule has 0 aromatic carbocycles. The van der Waals surface area contributed by atoms with E-state index in [4.69, 9.17) is 9.47 Å². The monoisotopic (exact) mass is 404 g/mol. The normalized spacial score (nSPS) is 32.1. The van der Waals surface area contributed by atoms with E-state index in [9.17, 15) is 13.2 Å². The first-order chi connectivity index (χ1) is 12.6. The first kappa shape index (κ1) is 22.4. The summed E-state index contributed by atoms with van der Waals surface area (Å²) >= 11 is 0. The smallest absolute Gasteiger partial charge is 0.410 e. The van der Waals surface area contributed by atoms with Crippen molar-refractivity contribution in [1.29, 1.82) is 0 Å². The molecule has 0 aromatic rings. The molecular weight excluding hydrogens is 368 g/mol. The number of carbonyl (C=O) groups excluding carboxylic acids is 1. The molecule has 0 aromatic heterocycles. The topological polar surface area (TPSA) is 84.9 Å². The Morgan fingerprint density at radius 2 is 1.85 bits per heavy atom. The molecule has 2 aliphatic rings. The van der Waals surface area contributed by atoms with Crippen LogP contribution in [-0.4, -0.2) is 63.1 Å². The summed E-state index contributed by atoms with van der Waals surface area (Å²) in [5.41, 5.74) is 0. The lowest BCUT2D eigenvalue weighted by molar-refractivity contribution is -0.0171. The average Bonchev–Trinajstić information content (AvgIpc) is 2.86. The second-order valence-electron chi connectivity index (χ2n) is 8.37. The number of hydrogen-bond acceptors (Lipinski definition) is 5. The lowest BCUT2D eigenvalue weighted by Crippen LogP contribution is -2.50. The number of sulfonamides is 1. The van der Waals surface area contributed by atoms with E-state index in [0.29, 0.717) is 25.6 Å². The molecule has 0 radical (unpaired) electrons. The van der Waals surface area contributed by atoms with Gasteiger partial charge in [-0.15, -0.1) is 0 Å². The van der Waals surface area contributed by atoms with E-state index < -0.39 is 16.1 Å². The average molecular weight is 405 g/mol. The van der Waals surface area contributed by atoms with Crippen molar-refractivity contribution >= 4 is 16.1 Å². The van der Waals surface area contributed by atoms with Gasteiger partial charge < -0.3 is 9.47 Å². The van der Waals surface area contributed by atoms with Crippen LogP contribution >= 0.6 is 0 Å². The predicted octanol–water partition coefficient (Wildman–Crippen LogP) is 2.75. The van der Waals surface area contributed by atoms with Gasteiger partial charge in [-0.2, -0.15) is 0 Å². The van der Waals surface area contributed by atoms with E-state index in [2.05, 4.69) is 18.6 Å². The molecular formula is C19H36N2O5S. The summed E-state index contributed by atoms with van der Waals surface area (Å²) in [5.74, 6) is 1.45. The predicted molar refractivity (Wildman–Crippen MR) is 105 cm³/mol. The molecule has 1 saturated heterocycles. The van der Waals surface area contributed by atoms with Gasteiger partial charge in [-0.1, -0.05) is 13.8 Å². The number of ether oxygens (including phenoxy) is 2. The Hall–Kier alpha value is -0.860. The Bertz CT molecular complexity index is 587. The number of likely N-dealkylation sites (tertiary alicyclic amines) is 1. The lowest BCUT2D eigenvalue weighted by Gasteiger charge is -2.34. The van der Waals surface area contributed by atoms with Gasteiger partial charge in [-0.25, -0.2) is 17.9 Å². The molecule has 2 rings (SSSR count). The molecule has 158 valence electrons. The fourth-order valence-electron chi connectivity index (χ4n) is 4.43. The van der Waals surface area contributed by atoms with Crippen molar-refractivity contribution in [1.82, 2.24) is 9.62 Å². The van der Waals surface area contributed by atoms with Crippen LogP contribution in [0.2, 0.25) is 0 Å². The van der Waals surface area contributed by atoms with E-state index in [1.54, 1.807) is 11.8 Å². The third kappa shape index (κ3) is 6.32. The zero-order chi connectivity index (χ0) is 20.2. The van der Waals surface area contributed by atoms with Crippen LogP contribution in [-0.2, 0) is 19.5 Å². The van der Waals surface area contributed by atoms with Gasteiger partial charge in [0.1, 0.15) is 0 Å². The van der Waals surface area contributed by atoms with E-state index in [1.165, 1.54) is 0 Å². The molecule has 1 N–H and O–H groups in total. The van der Waals surface area contributed by atoms with Crippen molar-refractivity contribution in [3.8, 4) is 0 Å². The molecule has 1 saturated carbocycles. The molecule has 27 heavy (non-hydrogen) atoms. The number of rotatable bonds is 7. The van der Waals surface area contributed by atoms with Crippen molar-refractivity contribution in [2.75, 3.05) is 19.5 Å². The van der Waals surface area contributed by atoms with Gasteiger partial charge in [0, 0.05) is 12.1 Å². The minimum atomic E-state index is -3.37. The Morgan fingerprint density at radius 1 is 1.22 bits per heavy atom. The Kier molecular flexibility index (Phi) is 7.94. The molecule has 0 unspecified atom stereocenters. The van der Waals surface area contributed by atoms with Gasteiger partial charge in [0.15, 0.2) is 0 Å². The first-order valence-corrected chi connectivity index (χ1v) is 12.1. The highest BCUT2D eigenvalue weighted by molar-refractivity contribution is 7.88. The van der Waals surface area contributed by atoms with Crippen LogP contribution in [0.3, 0.4) is 0 Å². The number of carbonyl (C=O) groups is 1. The van der Waals surface area contributed by atoms with Crippen molar-refractivity contribution in [3.05, 3.63) is 0 Å². The molecule has 7 nitrogen and oxygen atoms in total. The van der Waals surface area contributed by atoms with Crippen LogP contribution in [0.4, 0.5) is 4.79 Å². The molecule has 1 aliphatic carbocycles. The molecule has 3 atom stereocenters. The standard InChI is InChI=1S/C19H36N2O5S/c1-6-25-19(22)21-14(4)11-17(20-27(5,23)24)18(21)12-26-16-9-7-15(8-10-16)13(2)3/h13-18,20H,6-12H2,1-5H3/t14-,15?,16?,17+,18+/m1/s1. The Labute approximate surface area is 164 Å². The molecule has 8 heteroatoms. The maximum Gasteiger partial charge on any atom is 0.410 e. The minimum absolute atomic E-state index is 0.103. The number of nitrogens with zero attached hydrogens (tertiary/aromatic N) is 1. The summed E-state index contributed by atoms with van der Waals surface area (Å²) < 4.78 is 37.6. The van der Waals surface area contributed by atoms with Crippen LogP contribution < -0.4 is 4.72 Å². The minimum Gasteiger partial charge on any atom is -0.450 e. The second kappa shape index (κ2) is 9.56. The lowest BCUT2D eigenvalue weighted by atomic mass is 9.80. The molecule has 0 spiro atoms. The fraction of sp³-hybridized carbons (Fsp3) is 0.947. The van der Waals surface area contributed by atoms with Crippen LogP contribution in [0.15, 0.2) is 0 Å². The maximum absolute atomic E-state index is 12.4. The van der Waals surface area contributed by atoms with E-state index in [0.717, 1.165) is 37.9 Å². The molecule has 1 aliphatic heterocycles. The zero-order valence-electron chi connectivity index (χ0n) is 17.3. The van der Waals surface area contributed by atoms with Crippen molar-refractivity contribution < 1.29 is 22.7 Å². The summed E-state index contributed by atoms with van der Waals surface area (Å²) in [5, 5.41) is 0. The third-order valence-corrected chi connectivity index (χ3v) is 6.63. The van der Waals surface area contributed by atoms with Crippen molar-refractivity contribution in [3.63, 3.8) is 0 Å². The largest absolute Gasteiger partial charge is 0.450 e. The maximum atomic E-state index is 12.4. The van der Waals surface area contributed by atoms with Gasteiger partial charge in [0.25, 0.3) is 0 Å². The van der Waals surface area contributed by atoms with E-state index in [-0.39, 0.29) is 24.2 Å². The number of hydrogen-bond donors (Lipinski definition) is 1. The summed E-state index contributed by atoms with van der Waals surface area (Å²) in [7, 11) is -3.37. The third-order valence-electron chi connectivity index (χ3n) is 5.90. The van der Waals surface area contributed by atoms with Crippen molar-refractivity contribution in [2.24, 2.45) is 11.8 Å². The molecule has 1 heterocycles. The molecule has 1 amide bonds. The fourth-order valence-corrected chi connectivity index (χ4v) is 5.23. The second-order valence-corrected chi connectivity index (χ2v) is 10.1.